The molecule has 0 atom stereocenters. The van der Waals surface area contributed by atoms with Crippen LogP contribution < -0.4 is 0 Å². The van der Waals surface area contributed by atoms with Crippen LogP contribution in [0.3, 0.4) is 0 Å². The molecule has 0 rings (SSSR count). The second-order valence-corrected chi connectivity index (χ2v) is 3.63. The van der Waals surface area contributed by atoms with E-state index in [0.717, 1.165) is 13.2 Å². The van der Waals surface area contributed by atoms with Crippen LogP contribution in [-0.2, 0) is 9.53 Å². The number of rotatable bonds is 6. The van der Waals surface area contributed by atoms with Crippen LogP contribution in [0.5, 0.6) is 0 Å². The lowest BCUT2D eigenvalue weighted by atomic mass is 10.2. The van der Waals surface area contributed by atoms with Crippen molar-refractivity contribution in [3.63, 3.8) is 0 Å². The Kier molecular flexibility index (Phi) is 6.59. The van der Waals surface area contributed by atoms with Gasteiger partial charge in [-0.15, -0.1) is 0 Å². The van der Waals surface area contributed by atoms with E-state index in [1.54, 1.807) is 4.90 Å². The van der Waals surface area contributed by atoms with Gasteiger partial charge in [-0.2, -0.15) is 0 Å². The van der Waals surface area contributed by atoms with Crippen molar-refractivity contribution >= 4 is 5.91 Å². The molecule has 3 nitrogen and oxygen atoms in total. The van der Waals surface area contributed by atoms with E-state index in [0.29, 0.717) is 18.9 Å². The van der Waals surface area contributed by atoms with Crippen molar-refractivity contribution in [2.75, 3.05) is 26.8 Å². The molecule has 0 radical (unpaired) electrons. The number of amides is 1. The molecule has 0 N–H and O–H groups in total. The zero-order chi connectivity index (χ0) is 10.3. The first-order valence-electron chi connectivity index (χ1n) is 4.89. The van der Waals surface area contributed by atoms with Gasteiger partial charge >= 0.3 is 0 Å². The summed E-state index contributed by atoms with van der Waals surface area (Å²) in [4.78, 5) is 13.0. The smallest absolute Gasteiger partial charge is 0.224 e. The Labute approximate surface area is 81.1 Å². The van der Waals surface area contributed by atoms with Gasteiger partial charge in [-0.05, 0) is 12.8 Å². The monoisotopic (exact) mass is 187 g/mol. The van der Waals surface area contributed by atoms with Crippen LogP contribution in [-0.4, -0.2) is 37.6 Å². The molecule has 0 aromatic rings. The fraction of sp³-hybridized carbons (Fsp3) is 0.900. The highest BCUT2D eigenvalue weighted by atomic mass is 16.5. The summed E-state index contributed by atoms with van der Waals surface area (Å²) in [5.74, 6) is 0.699. The van der Waals surface area contributed by atoms with Crippen molar-refractivity contribution in [1.82, 2.24) is 4.90 Å². The molecule has 0 aliphatic rings. The minimum absolute atomic E-state index is 0.159. The van der Waals surface area contributed by atoms with Gasteiger partial charge in [0.2, 0.25) is 5.91 Å². The Bertz CT molecular complexity index is 146. The van der Waals surface area contributed by atoms with E-state index in [2.05, 4.69) is 13.8 Å². The third-order valence-corrected chi connectivity index (χ3v) is 1.81. The molecule has 0 aromatic heterocycles. The van der Waals surface area contributed by atoms with Crippen molar-refractivity contribution in [2.24, 2.45) is 5.92 Å². The van der Waals surface area contributed by atoms with Gasteiger partial charge in [0.15, 0.2) is 0 Å². The lowest BCUT2D eigenvalue weighted by molar-refractivity contribution is -0.130. The van der Waals surface area contributed by atoms with Crippen LogP contribution in [0.15, 0.2) is 0 Å². The first-order valence-corrected chi connectivity index (χ1v) is 4.89. The summed E-state index contributed by atoms with van der Waals surface area (Å²) in [5.41, 5.74) is 0. The van der Waals surface area contributed by atoms with Gasteiger partial charge in [0.1, 0.15) is 0 Å². The van der Waals surface area contributed by atoms with Crippen LogP contribution in [0.25, 0.3) is 0 Å². The van der Waals surface area contributed by atoms with Crippen molar-refractivity contribution in [3.8, 4) is 0 Å². The normalized spacial score (nSPS) is 10.5. The zero-order valence-electron chi connectivity index (χ0n) is 9.17. The zero-order valence-corrected chi connectivity index (χ0v) is 9.17. The number of ether oxygens (including phenoxy) is 1. The summed E-state index contributed by atoms with van der Waals surface area (Å²) < 4.78 is 5.31. The SMILES string of the molecule is CCN(C)C(=O)CCOCC(C)C. The molecule has 0 fully saturated rings. The highest BCUT2D eigenvalue weighted by Gasteiger charge is 2.05. The van der Waals surface area contributed by atoms with E-state index < -0.39 is 0 Å². The molecule has 0 bridgehead atoms. The number of carbonyl (C=O) groups is 1. The number of hydrogen-bond acceptors (Lipinski definition) is 2. The quantitative estimate of drug-likeness (QED) is 0.590. The molecule has 0 saturated carbocycles. The van der Waals surface area contributed by atoms with Gasteiger partial charge < -0.3 is 9.64 Å². The summed E-state index contributed by atoms with van der Waals surface area (Å²) in [5, 5.41) is 0. The van der Waals surface area contributed by atoms with Crippen LogP contribution >= 0.6 is 0 Å². The molecular weight excluding hydrogens is 166 g/mol. The highest BCUT2D eigenvalue weighted by molar-refractivity contribution is 5.75. The van der Waals surface area contributed by atoms with Gasteiger partial charge in [-0.1, -0.05) is 13.8 Å². The molecule has 0 heterocycles. The van der Waals surface area contributed by atoms with Crippen molar-refractivity contribution in [3.05, 3.63) is 0 Å². The molecule has 3 heteroatoms. The third kappa shape index (κ3) is 6.58. The standard InChI is InChI=1S/C10H21NO2/c1-5-11(4)10(12)6-7-13-8-9(2)3/h9H,5-8H2,1-4H3. The summed E-state index contributed by atoms with van der Waals surface area (Å²) >= 11 is 0. The molecule has 0 saturated heterocycles. The molecule has 0 unspecified atom stereocenters. The number of carbonyl (C=O) groups excluding carboxylic acids is 1. The van der Waals surface area contributed by atoms with E-state index in [4.69, 9.17) is 4.74 Å². The Morgan fingerprint density at radius 3 is 2.54 bits per heavy atom. The average Bonchev–Trinajstić information content (AvgIpc) is 2.10. The predicted octanol–water partition coefficient (Wildman–Crippen LogP) is 1.53. The van der Waals surface area contributed by atoms with E-state index in [-0.39, 0.29) is 5.91 Å². The van der Waals surface area contributed by atoms with E-state index in [1.807, 2.05) is 14.0 Å². The maximum absolute atomic E-state index is 11.3. The molecular formula is C10H21NO2. The van der Waals surface area contributed by atoms with Gasteiger partial charge in [-0.3, -0.25) is 4.79 Å². The van der Waals surface area contributed by atoms with Crippen LogP contribution in [0.4, 0.5) is 0 Å². The topological polar surface area (TPSA) is 29.5 Å². The van der Waals surface area contributed by atoms with Gasteiger partial charge in [0.05, 0.1) is 13.0 Å². The van der Waals surface area contributed by atoms with E-state index >= 15 is 0 Å². The lowest BCUT2D eigenvalue weighted by Crippen LogP contribution is -2.27. The molecule has 0 spiro atoms. The van der Waals surface area contributed by atoms with Crippen LogP contribution in [0.1, 0.15) is 27.2 Å². The van der Waals surface area contributed by atoms with Gasteiger partial charge in [0.25, 0.3) is 0 Å². The van der Waals surface area contributed by atoms with E-state index in [1.165, 1.54) is 0 Å². The average molecular weight is 187 g/mol. The lowest BCUT2D eigenvalue weighted by Gasteiger charge is -2.14. The summed E-state index contributed by atoms with van der Waals surface area (Å²) in [6, 6.07) is 0. The number of nitrogens with zero attached hydrogens (tertiary/aromatic N) is 1. The Morgan fingerprint density at radius 1 is 1.46 bits per heavy atom. The second-order valence-electron chi connectivity index (χ2n) is 3.63. The maximum Gasteiger partial charge on any atom is 0.224 e. The Balaban J connectivity index is 3.37. The van der Waals surface area contributed by atoms with E-state index in [9.17, 15) is 4.79 Å². The first-order chi connectivity index (χ1) is 6.07. The van der Waals surface area contributed by atoms with Crippen molar-refractivity contribution in [1.29, 1.82) is 0 Å². The fourth-order valence-electron chi connectivity index (χ4n) is 0.846. The minimum atomic E-state index is 0.159. The molecule has 0 aliphatic carbocycles. The maximum atomic E-state index is 11.3. The molecule has 78 valence electrons. The van der Waals surface area contributed by atoms with Gasteiger partial charge in [0, 0.05) is 20.2 Å². The Hall–Kier alpha value is -0.570. The fourth-order valence-corrected chi connectivity index (χ4v) is 0.846. The Morgan fingerprint density at radius 2 is 2.08 bits per heavy atom. The van der Waals surface area contributed by atoms with Crippen molar-refractivity contribution in [2.45, 2.75) is 27.2 Å². The summed E-state index contributed by atoms with van der Waals surface area (Å²) in [6.45, 7) is 8.21. The molecule has 0 aliphatic heterocycles. The predicted molar refractivity (Wildman–Crippen MR) is 53.6 cm³/mol. The molecule has 1 amide bonds. The summed E-state index contributed by atoms with van der Waals surface area (Å²) in [7, 11) is 1.81. The first kappa shape index (κ1) is 12.4. The molecule has 13 heavy (non-hydrogen) atoms. The summed E-state index contributed by atoms with van der Waals surface area (Å²) in [6.07, 6.45) is 0.497. The van der Waals surface area contributed by atoms with Crippen LogP contribution in [0.2, 0.25) is 0 Å². The third-order valence-electron chi connectivity index (χ3n) is 1.81. The second kappa shape index (κ2) is 6.89. The minimum Gasteiger partial charge on any atom is -0.381 e. The van der Waals surface area contributed by atoms with Crippen molar-refractivity contribution < 1.29 is 9.53 Å². The molecule has 0 aromatic carbocycles. The number of hydrogen-bond donors (Lipinski definition) is 0. The highest BCUT2D eigenvalue weighted by Crippen LogP contribution is 1.95. The van der Waals surface area contributed by atoms with Gasteiger partial charge in [-0.25, -0.2) is 0 Å². The van der Waals surface area contributed by atoms with Crippen LogP contribution in [0, 0.1) is 5.92 Å². The largest absolute Gasteiger partial charge is 0.381 e.